The molecule has 166 valence electrons. The molecule has 0 fully saturated rings. The highest BCUT2D eigenvalue weighted by Gasteiger charge is 2.29. The Labute approximate surface area is 186 Å². The number of hydrogen-bond acceptors (Lipinski definition) is 4. The van der Waals surface area contributed by atoms with Crippen LogP contribution in [0, 0.1) is 0 Å². The van der Waals surface area contributed by atoms with Crippen LogP contribution in [0.4, 0.5) is 5.69 Å². The largest absolute Gasteiger partial charge is 0.356 e. The Hall–Kier alpha value is -3.68. The lowest BCUT2D eigenvalue weighted by atomic mass is 10.1. The third-order valence-corrected chi connectivity index (χ3v) is 5.72. The van der Waals surface area contributed by atoms with Crippen LogP contribution in [0.2, 0.25) is 0 Å². The van der Waals surface area contributed by atoms with Crippen LogP contribution < -0.4 is 16.0 Å². The summed E-state index contributed by atoms with van der Waals surface area (Å²) in [6.07, 6.45) is 3.57. The molecule has 0 bridgehead atoms. The van der Waals surface area contributed by atoms with Crippen LogP contribution in [0.3, 0.4) is 0 Å². The van der Waals surface area contributed by atoms with E-state index in [-0.39, 0.29) is 24.1 Å². The Morgan fingerprint density at radius 1 is 1.06 bits per heavy atom. The number of unbranched alkanes of at least 4 members (excludes halogenated alkanes) is 2. The van der Waals surface area contributed by atoms with Crippen molar-refractivity contribution in [3.8, 4) is 0 Å². The van der Waals surface area contributed by atoms with Crippen LogP contribution in [-0.2, 0) is 23.1 Å². The van der Waals surface area contributed by atoms with Crippen LogP contribution in [-0.4, -0.2) is 39.9 Å². The Balaban J connectivity index is 1.18. The van der Waals surface area contributed by atoms with E-state index in [4.69, 9.17) is 0 Å². The van der Waals surface area contributed by atoms with E-state index in [1.807, 2.05) is 25.2 Å². The molecule has 3 aromatic rings. The molecular formula is C24H27N5O3. The fourth-order valence-corrected chi connectivity index (χ4v) is 3.94. The predicted octanol–water partition coefficient (Wildman–Crippen LogP) is 2.54. The van der Waals surface area contributed by atoms with Gasteiger partial charge >= 0.3 is 0 Å². The van der Waals surface area contributed by atoms with Gasteiger partial charge < -0.3 is 20.5 Å². The molecule has 0 saturated carbocycles. The number of anilines is 1. The van der Waals surface area contributed by atoms with Crippen molar-refractivity contribution in [1.29, 1.82) is 0 Å². The normalized spacial score (nSPS) is 15.6. The summed E-state index contributed by atoms with van der Waals surface area (Å²) in [6, 6.07) is 14.0. The number of benzene rings is 2. The van der Waals surface area contributed by atoms with E-state index in [2.05, 4.69) is 31.6 Å². The maximum absolute atomic E-state index is 12.4. The number of carbonyl (C=O) groups excluding carboxylic acids is 3. The number of fused-ring (bicyclic) bond motifs is 2. The van der Waals surface area contributed by atoms with Gasteiger partial charge in [-0.15, -0.1) is 0 Å². The van der Waals surface area contributed by atoms with Gasteiger partial charge in [-0.1, -0.05) is 30.7 Å². The number of nitrogens with one attached hydrogen (secondary N) is 3. The molecule has 1 aliphatic heterocycles. The van der Waals surface area contributed by atoms with Crippen molar-refractivity contribution in [1.82, 2.24) is 20.2 Å². The lowest BCUT2D eigenvalue weighted by molar-refractivity contribution is -0.125. The van der Waals surface area contributed by atoms with Crippen LogP contribution in [0.1, 0.15) is 41.9 Å². The van der Waals surface area contributed by atoms with Crippen molar-refractivity contribution in [2.24, 2.45) is 7.05 Å². The molecule has 1 atom stereocenters. The van der Waals surface area contributed by atoms with Gasteiger partial charge in [0.15, 0.2) is 0 Å². The number of para-hydroxylation sites is 3. The summed E-state index contributed by atoms with van der Waals surface area (Å²) < 4.78 is 2.13. The smallest absolute Gasteiger partial charge is 0.254 e. The first kappa shape index (κ1) is 21.5. The SMILES string of the molecule is Cn1c(CCCCCNC(=O)C[C@@H]2NC(=O)c3ccccc3NC2=O)nc2ccccc21. The van der Waals surface area contributed by atoms with Gasteiger partial charge in [-0.05, 0) is 37.1 Å². The highest BCUT2D eigenvalue weighted by atomic mass is 16.2. The lowest BCUT2D eigenvalue weighted by Crippen LogP contribution is -2.44. The van der Waals surface area contributed by atoms with Gasteiger partial charge in [0.25, 0.3) is 5.91 Å². The van der Waals surface area contributed by atoms with E-state index in [9.17, 15) is 14.4 Å². The van der Waals surface area contributed by atoms with E-state index in [1.165, 1.54) is 0 Å². The molecule has 4 rings (SSSR count). The molecule has 1 aromatic heterocycles. The number of imidazole rings is 1. The van der Waals surface area contributed by atoms with E-state index in [0.717, 1.165) is 42.5 Å². The van der Waals surface area contributed by atoms with Crippen LogP contribution in [0.5, 0.6) is 0 Å². The number of carbonyl (C=O) groups is 3. The van der Waals surface area contributed by atoms with Gasteiger partial charge in [-0.2, -0.15) is 0 Å². The standard InChI is InChI=1S/C24H27N5O3/c1-29-20-12-7-6-11-18(20)26-21(29)13-3-2-8-14-25-22(30)15-19-24(32)27-17-10-5-4-9-16(17)23(31)28-19/h4-7,9-12,19H,2-3,8,13-15H2,1H3,(H,25,30)(H,27,32)(H,28,31)/t19-/m0/s1. The van der Waals surface area contributed by atoms with Crippen molar-refractivity contribution in [3.63, 3.8) is 0 Å². The zero-order valence-corrected chi connectivity index (χ0v) is 18.1. The average Bonchev–Trinajstić information content (AvgIpc) is 3.05. The minimum Gasteiger partial charge on any atom is -0.356 e. The van der Waals surface area contributed by atoms with E-state index in [0.29, 0.717) is 17.8 Å². The predicted molar refractivity (Wildman–Crippen MR) is 122 cm³/mol. The van der Waals surface area contributed by atoms with E-state index < -0.39 is 6.04 Å². The zero-order chi connectivity index (χ0) is 22.5. The van der Waals surface area contributed by atoms with Gasteiger partial charge in [-0.3, -0.25) is 14.4 Å². The summed E-state index contributed by atoms with van der Waals surface area (Å²) in [5, 5.41) is 8.20. The monoisotopic (exact) mass is 433 g/mol. The Morgan fingerprint density at radius 3 is 2.69 bits per heavy atom. The fraction of sp³-hybridized carbons (Fsp3) is 0.333. The first-order chi connectivity index (χ1) is 15.5. The highest BCUT2D eigenvalue weighted by Crippen LogP contribution is 2.19. The molecule has 1 aliphatic rings. The number of hydrogen-bond donors (Lipinski definition) is 3. The molecule has 8 heteroatoms. The van der Waals surface area contributed by atoms with Crippen molar-refractivity contribution in [2.75, 3.05) is 11.9 Å². The summed E-state index contributed by atoms with van der Waals surface area (Å²) in [5.41, 5.74) is 2.99. The maximum Gasteiger partial charge on any atom is 0.254 e. The van der Waals surface area contributed by atoms with E-state index in [1.54, 1.807) is 24.3 Å². The summed E-state index contributed by atoms with van der Waals surface area (Å²) in [5.74, 6) is 0.0534. The number of nitrogens with zero attached hydrogens (tertiary/aromatic N) is 2. The lowest BCUT2D eigenvalue weighted by Gasteiger charge is -2.14. The van der Waals surface area contributed by atoms with Gasteiger partial charge in [0, 0.05) is 20.0 Å². The number of aromatic nitrogens is 2. The topological polar surface area (TPSA) is 105 Å². The third kappa shape index (κ3) is 4.80. The van der Waals surface area contributed by atoms with Gasteiger partial charge in [-0.25, -0.2) is 4.98 Å². The number of aryl methyl sites for hydroxylation is 2. The van der Waals surface area contributed by atoms with Crippen LogP contribution in [0.15, 0.2) is 48.5 Å². The molecule has 32 heavy (non-hydrogen) atoms. The summed E-state index contributed by atoms with van der Waals surface area (Å²) in [7, 11) is 2.03. The third-order valence-electron chi connectivity index (χ3n) is 5.72. The summed E-state index contributed by atoms with van der Waals surface area (Å²) in [6.45, 7) is 0.532. The minimum absolute atomic E-state index is 0.0918. The van der Waals surface area contributed by atoms with Gasteiger partial charge in [0.1, 0.15) is 11.9 Å². The molecule has 2 heterocycles. The maximum atomic E-state index is 12.4. The van der Waals surface area contributed by atoms with Crippen molar-refractivity contribution in [2.45, 2.75) is 38.1 Å². The molecule has 2 aromatic carbocycles. The minimum atomic E-state index is -0.896. The fourth-order valence-electron chi connectivity index (χ4n) is 3.94. The zero-order valence-electron chi connectivity index (χ0n) is 18.1. The molecule has 0 spiro atoms. The average molecular weight is 434 g/mol. The second-order valence-corrected chi connectivity index (χ2v) is 8.00. The first-order valence-electron chi connectivity index (χ1n) is 10.9. The quantitative estimate of drug-likeness (QED) is 0.475. The van der Waals surface area contributed by atoms with E-state index >= 15 is 0 Å². The second-order valence-electron chi connectivity index (χ2n) is 8.00. The first-order valence-corrected chi connectivity index (χ1v) is 10.9. The molecular weight excluding hydrogens is 406 g/mol. The molecule has 8 nitrogen and oxygen atoms in total. The molecule has 0 saturated heterocycles. The highest BCUT2D eigenvalue weighted by molar-refractivity contribution is 6.10. The molecule has 0 unspecified atom stereocenters. The molecule has 3 amide bonds. The Morgan fingerprint density at radius 2 is 1.84 bits per heavy atom. The molecule has 0 aliphatic carbocycles. The van der Waals surface area contributed by atoms with Crippen LogP contribution in [0.25, 0.3) is 11.0 Å². The van der Waals surface area contributed by atoms with Crippen LogP contribution >= 0.6 is 0 Å². The summed E-state index contributed by atoms with van der Waals surface area (Å²) in [4.78, 5) is 41.7. The van der Waals surface area contributed by atoms with Gasteiger partial charge in [0.2, 0.25) is 11.8 Å². The molecule has 3 N–H and O–H groups in total. The Bertz CT molecular complexity index is 1150. The Kier molecular flexibility index (Phi) is 6.49. The molecule has 0 radical (unpaired) electrons. The number of rotatable bonds is 8. The van der Waals surface area contributed by atoms with Crippen molar-refractivity contribution < 1.29 is 14.4 Å². The van der Waals surface area contributed by atoms with Gasteiger partial charge in [0.05, 0.1) is 28.7 Å². The van der Waals surface area contributed by atoms with Crippen molar-refractivity contribution >= 4 is 34.4 Å². The number of amides is 3. The van der Waals surface area contributed by atoms with Crippen molar-refractivity contribution in [3.05, 3.63) is 59.9 Å². The summed E-state index contributed by atoms with van der Waals surface area (Å²) >= 11 is 0. The second kappa shape index (κ2) is 9.64.